The first kappa shape index (κ1) is 19.8. The maximum absolute atomic E-state index is 13.1. The molecule has 0 N–H and O–H groups in total. The monoisotopic (exact) mass is 393 g/mol. The van der Waals surface area contributed by atoms with Crippen molar-refractivity contribution in [1.29, 1.82) is 0 Å². The number of nitrogens with zero attached hydrogens (tertiary/aromatic N) is 5. The number of anilines is 1. The molecule has 0 radical (unpaired) electrons. The number of carbonyl (C=O) groups is 1. The van der Waals surface area contributed by atoms with E-state index < -0.39 is 0 Å². The Hall–Kier alpha value is -2.50. The standard InChI is InChI=1S/C23H31N5O/c1-2-28(20-8-4-3-5-9-20)23(29)18-12-15-27(16-13-18)22-11-10-21(25-26-22)19-7-6-14-24-17-19/h6-7,10-11,14,17-18,20H,2-5,8-9,12-13,15-16H2,1H3. The Kier molecular flexibility index (Phi) is 6.37. The van der Waals surface area contributed by atoms with Gasteiger partial charge in [-0.25, -0.2) is 0 Å². The van der Waals surface area contributed by atoms with Gasteiger partial charge in [0.1, 0.15) is 0 Å². The molecule has 6 heteroatoms. The summed E-state index contributed by atoms with van der Waals surface area (Å²) in [6.07, 6.45) is 11.6. The largest absolute Gasteiger partial charge is 0.355 e. The first-order chi connectivity index (χ1) is 14.3. The Labute approximate surface area is 173 Å². The molecule has 2 fully saturated rings. The number of pyridine rings is 1. The SMILES string of the molecule is CCN(C(=O)C1CCN(c2ccc(-c3cccnc3)nn2)CC1)C1CCCCC1. The van der Waals surface area contributed by atoms with E-state index in [1.807, 2.05) is 24.3 Å². The van der Waals surface area contributed by atoms with Crippen LogP contribution < -0.4 is 4.90 Å². The van der Waals surface area contributed by atoms with Gasteiger partial charge in [-0.1, -0.05) is 19.3 Å². The molecule has 1 saturated heterocycles. The number of hydrogen-bond donors (Lipinski definition) is 0. The van der Waals surface area contributed by atoms with E-state index in [-0.39, 0.29) is 5.92 Å². The van der Waals surface area contributed by atoms with Gasteiger partial charge in [-0.2, -0.15) is 0 Å². The van der Waals surface area contributed by atoms with Crippen LogP contribution in [-0.4, -0.2) is 51.7 Å². The van der Waals surface area contributed by atoms with Crippen LogP contribution in [0.5, 0.6) is 0 Å². The Morgan fingerprint density at radius 3 is 2.48 bits per heavy atom. The van der Waals surface area contributed by atoms with Crippen LogP contribution in [0.1, 0.15) is 51.9 Å². The van der Waals surface area contributed by atoms with Crippen molar-refractivity contribution in [2.45, 2.75) is 57.9 Å². The fourth-order valence-corrected chi connectivity index (χ4v) is 4.74. The second-order valence-corrected chi connectivity index (χ2v) is 8.20. The number of piperidine rings is 1. The van der Waals surface area contributed by atoms with Gasteiger partial charge in [-0.05, 0) is 56.9 Å². The first-order valence-corrected chi connectivity index (χ1v) is 11.1. The van der Waals surface area contributed by atoms with Gasteiger partial charge < -0.3 is 9.80 Å². The fourth-order valence-electron chi connectivity index (χ4n) is 4.74. The number of hydrogen-bond acceptors (Lipinski definition) is 5. The third kappa shape index (κ3) is 4.57. The van der Waals surface area contributed by atoms with Crippen LogP contribution in [0.4, 0.5) is 5.82 Å². The molecule has 0 aromatic carbocycles. The van der Waals surface area contributed by atoms with Crippen molar-refractivity contribution in [2.75, 3.05) is 24.5 Å². The van der Waals surface area contributed by atoms with E-state index >= 15 is 0 Å². The Balaban J connectivity index is 1.34. The Morgan fingerprint density at radius 2 is 1.86 bits per heavy atom. The molecule has 0 atom stereocenters. The van der Waals surface area contributed by atoms with Crippen LogP contribution in [0.3, 0.4) is 0 Å². The van der Waals surface area contributed by atoms with Crippen LogP contribution >= 0.6 is 0 Å². The summed E-state index contributed by atoms with van der Waals surface area (Å²) < 4.78 is 0. The van der Waals surface area contributed by atoms with E-state index in [2.05, 4.69) is 31.9 Å². The van der Waals surface area contributed by atoms with Crippen LogP contribution in [-0.2, 0) is 4.79 Å². The molecular formula is C23H31N5O. The van der Waals surface area contributed by atoms with Gasteiger partial charge in [0, 0.05) is 49.6 Å². The summed E-state index contributed by atoms with van der Waals surface area (Å²) in [4.78, 5) is 21.7. The van der Waals surface area contributed by atoms with Crippen LogP contribution in [0.2, 0.25) is 0 Å². The lowest BCUT2D eigenvalue weighted by atomic mass is 9.90. The minimum atomic E-state index is 0.149. The highest BCUT2D eigenvalue weighted by atomic mass is 16.2. The molecule has 0 unspecified atom stereocenters. The number of aromatic nitrogens is 3. The van der Waals surface area contributed by atoms with Gasteiger partial charge >= 0.3 is 0 Å². The minimum Gasteiger partial charge on any atom is -0.355 e. The maximum atomic E-state index is 13.1. The average molecular weight is 394 g/mol. The molecule has 0 bridgehead atoms. The van der Waals surface area contributed by atoms with Gasteiger partial charge in [0.25, 0.3) is 0 Å². The number of carbonyl (C=O) groups excluding carboxylic acids is 1. The molecule has 0 spiro atoms. The fraction of sp³-hybridized carbons (Fsp3) is 0.565. The van der Waals surface area contributed by atoms with E-state index in [1.54, 1.807) is 12.4 Å². The second kappa shape index (κ2) is 9.33. The molecule has 1 aliphatic carbocycles. The molecule has 4 rings (SSSR count). The van der Waals surface area contributed by atoms with Crippen molar-refractivity contribution < 1.29 is 4.79 Å². The van der Waals surface area contributed by atoms with Crippen LogP contribution in [0.25, 0.3) is 11.3 Å². The smallest absolute Gasteiger partial charge is 0.226 e. The number of rotatable bonds is 5. The molecule has 3 heterocycles. The Bertz CT molecular complexity index is 781. The van der Waals surface area contributed by atoms with Crippen LogP contribution in [0, 0.1) is 5.92 Å². The summed E-state index contributed by atoms with van der Waals surface area (Å²) in [5, 5.41) is 8.80. The van der Waals surface area contributed by atoms with Gasteiger partial charge in [-0.3, -0.25) is 9.78 Å². The third-order valence-electron chi connectivity index (χ3n) is 6.42. The second-order valence-electron chi connectivity index (χ2n) is 8.20. The third-order valence-corrected chi connectivity index (χ3v) is 6.42. The quantitative estimate of drug-likeness (QED) is 0.770. The van der Waals surface area contributed by atoms with Crippen molar-refractivity contribution in [3.05, 3.63) is 36.7 Å². The lowest BCUT2D eigenvalue weighted by Crippen LogP contribution is -2.47. The lowest BCUT2D eigenvalue weighted by Gasteiger charge is -2.38. The lowest BCUT2D eigenvalue weighted by molar-refractivity contribution is -0.139. The maximum Gasteiger partial charge on any atom is 0.226 e. The molecule has 1 aliphatic heterocycles. The van der Waals surface area contributed by atoms with Crippen molar-refractivity contribution in [2.24, 2.45) is 5.92 Å². The highest BCUT2D eigenvalue weighted by molar-refractivity contribution is 5.79. The molecular weight excluding hydrogens is 362 g/mol. The topological polar surface area (TPSA) is 62.2 Å². The Morgan fingerprint density at radius 1 is 1.07 bits per heavy atom. The van der Waals surface area contributed by atoms with E-state index in [1.165, 1.54) is 32.1 Å². The molecule has 29 heavy (non-hydrogen) atoms. The molecule has 1 saturated carbocycles. The minimum absolute atomic E-state index is 0.149. The zero-order chi connectivity index (χ0) is 20.1. The van der Waals surface area contributed by atoms with Crippen molar-refractivity contribution in [3.63, 3.8) is 0 Å². The summed E-state index contributed by atoms with van der Waals surface area (Å²) >= 11 is 0. The van der Waals surface area contributed by atoms with E-state index in [0.29, 0.717) is 11.9 Å². The van der Waals surface area contributed by atoms with E-state index in [9.17, 15) is 4.79 Å². The van der Waals surface area contributed by atoms with E-state index in [4.69, 9.17) is 0 Å². The van der Waals surface area contributed by atoms with Crippen LogP contribution in [0.15, 0.2) is 36.7 Å². The first-order valence-electron chi connectivity index (χ1n) is 11.1. The van der Waals surface area contributed by atoms with E-state index in [0.717, 1.165) is 49.6 Å². The summed E-state index contributed by atoms with van der Waals surface area (Å²) in [6.45, 7) is 4.69. The average Bonchev–Trinajstić information content (AvgIpc) is 2.81. The van der Waals surface area contributed by atoms with Crippen molar-refractivity contribution in [3.8, 4) is 11.3 Å². The zero-order valence-corrected chi connectivity index (χ0v) is 17.3. The summed E-state index contributed by atoms with van der Waals surface area (Å²) in [5.41, 5.74) is 1.80. The van der Waals surface area contributed by atoms with Gasteiger partial charge in [0.05, 0.1) is 5.69 Å². The zero-order valence-electron chi connectivity index (χ0n) is 17.3. The summed E-state index contributed by atoms with van der Waals surface area (Å²) in [6, 6.07) is 8.38. The normalized spacial score (nSPS) is 18.6. The number of amides is 1. The predicted molar refractivity (Wildman–Crippen MR) is 114 cm³/mol. The van der Waals surface area contributed by atoms with Gasteiger partial charge in [-0.15, -0.1) is 10.2 Å². The molecule has 2 aromatic rings. The molecule has 1 amide bonds. The molecule has 2 aliphatic rings. The van der Waals surface area contributed by atoms with Gasteiger partial charge in [0.15, 0.2) is 5.82 Å². The highest BCUT2D eigenvalue weighted by Crippen LogP contribution is 2.28. The highest BCUT2D eigenvalue weighted by Gasteiger charge is 2.32. The molecule has 6 nitrogen and oxygen atoms in total. The predicted octanol–water partition coefficient (Wildman–Crippen LogP) is 3.94. The molecule has 154 valence electrons. The molecule has 2 aromatic heterocycles. The van der Waals surface area contributed by atoms with Crippen molar-refractivity contribution in [1.82, 2.24) is 20.1 Å². The van der Waals surface area contributed by atoms with Gasteiger partial charge in [0.2, 0.25) is 5.91 Å². The summed E-state index contributed by atoms with van der Waals surface area (Å²) in [5.74, 6) is 1.41. The van der Waals surface area contributed by atoms with Crippen molar-refractivity contribution >= 4 is 11.7 Å². The summed E-state index contributed by atoms with van der Waals surface area (Å²) in [7, 11) is 0.